The number of carbonyl (C=O) groups excluding carboxylic acids is 1. The van der Waals surface area contributed by atoms with Gasteiger partial charge in [0.2, 0.25) is 5.91 Å². The van der Waals surface area contributed by atoms with Crippen molar-refractivity contribution in [2.75, 3.05) is 13.6 Å². The van der Waals surface area contributed by atoms with Crippen LogP contribution in [0.15, 0.2) is 0 Å². The van der Waals surface area contributed by atoms with Gasteiger partial charge in [-0.25, -0.2) is 4.79 Å². The smallest absolute Gasteiger partial charge is 0.332 e. The molecule has 0 aromatic heterocycles. The van der Waals surface area contributed by atoms with Crippen molar-refractivity contribution < 1.29 is 19.4 Å². The van der Waals surface area contributed by atoms with Crippen LogP contribution < -0.4 is 10.6 Å². The predicted molar refractivity (Wildman–Crippen MR) is 57.1 cm³/mol. The number of hydrogen-bond donors (Lipinski definition) is 3. The Balaban J connectivity index is 2.25. The minimum absolute atomic E-state index is 0.107. The van der Waals surface area contributed by atoms with Crippen molar-refractivity contribution in [2.24, 2.45) is 0 Å². The van der Waals surface area contributed by atoms with Crippen LogP contribution in [0.5, 0.6) is 0 Å². The molecule has 0 aliphatic carbocycles. The van der Waals surface area contributed by atoms with E-state index in [2.05, 4.69) is 10.6 Å². The fourth-order valence-electron chi connectivity index (χ4n) is 1.54. The fraction of sp³-hybridized carbons (Fsp3) is 0.800. The van der Waals surface area contributed by atoms with Gasteiger partial charge in [-0.2, -0.15) is 0 Å². The van der Waals surface area contributed by atoms with Crippen LogP contribution in [-0.2, 0) is 14.3 Å². The number of nitrogens with one attached hydrogen (secondary N) is 2. The molecular weight excluding hydrogens is 212 g/mol. The number of likely N-dealkylation sites (N-methyl/N-ethyl adjacent to an activating group) is 1. The summed E-state index contributed by atoms with van der Waals surface area (Å²) >= 11 is 0. The van der Waals surface area contributed by atoms with E-state index < -0.39 is 12.1 Å². The van der Waals surface area contributed by atoms with Gasteiger partial charge in [-0.3, -0.25) is 4.79 Å². The van der Waals surface area contributed by atoms with Crippen molar-refractivity contribution in [3.63, 3.8) is 0 Å². The average Bonchev–Trinajstić information content (AvgIpc) is 2.73. The molecule has 6 nitrogen and oxygen atoms in total. The van der Waals surface area contributed by atoms with Crippen LogP contribution in [0.1, 0.15) is 19.8 Å². The second kappa shape index (κ2) is 5.81. The largest absolute Gasteiger partial charge is 0.479 e. The summed E-state index contributed by atoms with van der Waals surface area (Å²) in [6, 6.07) is -0.253. The molecule has 92 valence electrons. The third kappa shape index (κ3) is 3.46. The quantitative estimate of drug-likeness (QED) is 0.583. The summed E-state index contributed by atoms with van der Waals surface area (Å²) in [6.07, 6.45) is 0.278. The van der Waals surface area contributed by atoms with Gasteiger partial charge in [0.05, 0.1) is 12.1 Å². The molecule has 1 heterocycles. The van der Waals surface area contributed by atoms with Gasteiger partial charge in [0.1, 0.15) is 0 Å². The second-order valence-electron chi connectivity index (χ2n) is 3.92. The van der Waals surface area contributed by atoms with E-state index in [1.807, 2.05) is 0 Å². The van der Waals surface area contributed by atoms with Crippen LogP contribution in [-0.4, -0.2) is 48.8 Å². The fourth-order valence-corrected chi connectivity index (χ4v) is 1.54. The van der Waals surface area contributed by atoms with Gasteiger partial charge in [-0.15, -0.1) is 0 Å². The maximum Gasteiger partial charge on any atom is 0.332 e. The second-order valence-corrected chi connectivity index (χ2v) is 3.92. The van der Waals surface area contributed by atoms with E-state index >= 15 is 0 Å². The molecule has 0 radical (unpaired) electrons. The third-order valence-electron chi connectivity index (χ3n) is 2.71. The minimum Gasteiger partial charge on any atom is -0.479 e. The highest BCUT2D eigenvalue weighted by molar-refractivity contribution is 5.81. The molecular formula is C10H18N2O4. The van der Waals surface area contributed by atoms with Gasteiger partial charge in [-0.05, 0) is 26.8 Å². The van der Waals surface area contributed by atoms with Crippen molar-refractivity contribution in [1.82, 2.24) is 10.6 Å². The summed E-state index contributed by atoms with van der Waals surface area (Å²) < 4.78 is 5.25. The molecule has 0 saturated carbocycles. The first-order valence-electron chi connectivity index (χ1n) is 5.37. The molecule has 1 rings (SSSR count). The van der Waals surface area contributed by atoms with Crippen molar-refractivity contribution in [3.05, 3.63) is 0 Å². The first kappa shape index (κ1) is 12.9. The lowest BCUT2D eigenvalue weighted by atomic mass is 10.2. The third-order valence-corrected chi connectivity index (χ3v) is 2.71. The first-order chi connectivity index (χ1) is 7.54. The van der Waals surface area contributed by atoms with Gasteiger partial charge >= 0.3 is 5.97 Å². The van der Waals surface area contributed by atoms with Crippen LogP contribution >= 0.6 is 0 Å². The zero-order chi connectivity index (χ0) is 12.1. The average molecular weight is 230 g/mol. The Kier molecular flexibility index (Phi) is 4.70. The summed E-state index contributed by atoms with van der Waals surface area (Å²) in [5.41, 5.74) is 0. The lowest BCUT2D eigenvalue weighted by Crippen LogP contribution is -2.43. The summed E-state index contributed by atoms with van der Waals surface area (Å²) in [7, 11) is 1.71. The van der Waals surface area contributed by atoms with Crippen LogP contribution in [0.3, 0.4) is 0 Å². The lowest BCUT2D eigenvalue weighted by Gasteiger charge is -2.15. The Morgan fingerprint density at radius 1 is 1.50 bits per heavy atom. The number of carboxylic acid groups (broad SMARTS) is 1. The number of ether oxygens (including phenoxy) is 1. The van der Waals surface area contributed by atoms with Crippen LogP contribution in [0.4, 0.5) is 0 Å². The molecule has 1 aliphatic rings. The Hall–Kier alpha value is -1.14. The Bertz CT molecular complexity index is 270. The molecule has 3 N–H and O–H groups in total. The number of rotatable bonds is 5. The van der Waals surface area contributed by atoms with Gasteiger partial charge in [0.25, 0.3) is 0 Å². The van der Waals surface area contributed by atoms with Crippen LogP contribution in [0.2, 0.25) is 0 Å². The summed E-state index contributed by atoms with van der Waals surface area (Å²) in [6.45, 7) is 2.12. The topological polar surface area (TPSA) is 87.7 Å². The number of aliphatic carboxylic acids is 1. The Morgan fingerprint density at radius 2 is 2.19 bits per heavy atom. The summed E-state index contributed by atoms with van der Waals surface area (Å²) in [5, 5.41) is 14.2. The van der Waals surface area contributed by atoms with Gasteiger partial charge < -0.3 is 20.5 Å². The highest BCUT2D eigenvalue weighted by Crippen LogP contribution is 2.19. The summed E-state index contributed by atoms with van der Waals surface area (Å²) in [5.74, 6) is -1.04. The zero-order valence-corrected chi connectivity index (χ0v) is 9.53. The van der Waals surface area contributed by atoms with E-state index in [9.17, 15) is 9.59 Å². The van der Waals surface area contributed by atoms with Crippen molar-refractivity contribution >= 4 is 11.9 Å². The van der Waals surface area contributed by atoms with Crippen LogP contribution in [0.25, 0.3) is 0 Å². The molecule has 6 heteroatoms. The van der Waals surface area contributed by atoms with Crippen LogP contribution in [0, 0.1) is 0 Å². The molecule has 0 bridgehead atoms. The molecule has 3 unspecified atom stereocenters. The Labute approximate surface area is 94.3 Å². The zero-order valence-electron chi connectivity index (χ0n) is 9.53. The SMILES string of the molecule is CNC(C)C(=O)NCC1CCC(C(=O)O)O1. The maximum atomic E-state index is 11.4. The van der Waals surface area contributed by atoms with E-state index in [4.69, 9.17) is 9.84 Å². The molecule has 0 spiro atoms. The molecule has 1 saturated heterocycles. The van der Waals surface area contributed by atoms with Crippen molar-refractivity contribution in [2.45, 2.75) is 38.0 Å². The van der Waals surface area contributed by atoms with Crippen molar-refractivity contribution in [3.8, 4) is 0 Å². The molecule has 0 aromatic rings. The van der Waals surface area contributed by atoms with Gasteiger partial charge in [0.15, 0.2) is 6.10 Å². The van der Waals surface area contributed by atoms with E-state index in [-0.39, 0.29) is 18.1 Å². The van der Waals surface area contributed by atoms with Gasteiger partial charge in [-0.1, -0.05) is 0 Å². The van der Waals surface area contributed by atoms with Crippen molar-refractivity contribution in [1.29, 1.82) is 0 Å². The highest BCUT2D eigenvalue weighted by atomic mass is 16.5. The van der Waals surface area contributed by atoms with E-state index in [1.54, 1.807) is 14.0 Å². The lowest BCUT2D eigenvalue weighted by molar-refractivity contribution is -0.149. The number of carbonyl (C=O) groups is 2. The highest BCUT2D eigenvalue weighted by Gasteiger charge is 2.30. The molecule has 0 aromatic carbocycles. The molecule has 16 heavy (non-hydrogen) atoms. The standard InChI is InChI=1S/C10H18N2O4/c1-6(11-2)9(13)12-5-7-3-4-8(16-7)10(14)15/h6-8,11H,3-5H2,1-2H3,(H,12,13)(H,14,15). The monoisotopic (exact) mass is 230 g/mol. The minimum atomic E-state index is -0.933. The predicted octanol–water partition coefficient (Wildman–Crippen LogP) is -0.657. The molecule has 1 fully saturated rings. The number of hydrogen-bond acceptors (Lipinski definition) is 4. The number of amides is 1. The molecule has 3 atom stereocenters. The van der Waals surface area contributed by atoms with E-state index in [0.717, 1.165) is 0 Å². The Morgan fingerprint density at radius 3 is 2.69 bits per heavy atom. The first-order valence-corrected chi connectivity index (χ1v) is 5.37. The maximum absolute atomic E-state index is 11.4. The van der Waals surface area contributed by atoms with E-state index in [1.165, 1.54) is 0 Å². The number of carboxylic acids is 1. The molecule has 1 amide bonds. The summed E-state index contributed by atoms with van der Waals surface area (Å²) in [4.78, 5) is 22.0. The van der Waals surface area contributed by atoms with Gasteiger partial charge in [0, 0.05) is 6.54 Å². The normalized spacial score (nSPS) is 26.4. The molecule has 1 aliphatic heterocycles. The van der Waals surface area contributed by atoms with E-state index in [0.29, 0.717) is 19.4 Å².